The number of halogens is 1. The molecule has 13 heavy (non-hydrogen) atoms. The van der Waals surface area contributed by atoms with Gasteiger partial charge in [-0.25, -0.2) is 0 Å². The molecule has 0 bridgehead atoms. The molecule has 68 valence electrons. The minimum Gasteiger partial charge on any atom is -0.337 e. The Morgan fingerprint density at radius 2 is 2.15 bits per heavy atom. The highest BCUT2D eigenvalue weighted by molar-refractivity contribution is 6.31. The van der Waals surface area contributed by atoms with Gasteiger partial charge in [-0.15, -0.1) is 0 Å². The van der Waals surface area contributed by atoms with Gasteiger partial charge in [-0.3, -0.25) is 4.79 Å². The molecule has 1 amide bonds. The smallest absolute Gasteiger partial charge is 0.254 e. The summed E-state index contributed by atoms with van der Waals surface area (Å²) in [4.78, 5) is 13.3. The van der Waals surface area contributed by atoms with Gasteiger partial charge in [0.25, 0.3) is 5.91 Å². The molecule has 0 saturated carbocycles. The third-order valence-corrected chi connectivity index (χ3v) is 2.63. The zero-order chi connectivity index (χ0) is 9.59. The molecule has 0 atom stereocenters. The molecule has 3 heteroatoms. The fourth-order valence-electron chi connectivity index (χ4n) is 1.69. The SMILES string of the molecule is Cc1cc(Cl)cc2c1CN(C)C2=O. The predicted octanol–water partition coefficient (Wildman–Crippen LogP) is 2.23. The van der Waals surface area contributed by atoms with E-state index in [0.717, 1.165) is 16.7 Å². The van der Waals surface area contributed by atoms with Gasteiger partial charge in [-0.2, -0.15) is 0 Å². The predicted molar refractivity (Wildman–Crippen MR) is 52.0 cm³/mol. The van der Waals surface area contributed by atoms with Crippen LogP contribution >= 0.6 is 11.6 Å². The van der Waals surface area contributed by atoms with E-state index >= 15 is 0 Å². The van der Waals surface area contributed by atoms with Gasteiger partial charge in [0.15, 0.2) is 0 Å². The number of rotatable bonds is 0. The molecule has 0 aromatic heterocycles. The van der Waals surface area contributed by atoms with Crippen molar-refractivity contribution < 1.29 is 4.79 Å². The maximum absolute atomic E-state index is 11.6. The average Bonchev–Trinajstić information content (AvgIpc) is 2.32. The van der Waals surface area contributed by atoms with Crippen LogP contribution in [0.25, 0.3) is 0 Å². The van der Waals surface area contributed by atoms with Crippen molar-refractivity contribution in [2.24, 2.45) is 0 Å². The lowest BCUT2D eigenvalue weighted by atomic mass is 10.0. The van der Waals surface area contributed by atoms with Crippen molar-refractivity contribution in [1.29, 1.82) is 0 Å². The number of carbonyl (C=O) groups excluding carboxylic acids is 1. The van der Waals surface area contributed by atoms with Gasteiger partial charge in [0.1, 0.15) is 0 Å². The molecule has 0 N–H and O–H groups in total. The molecule has 1 aliphatic heterocycles. The van der Waals surface area contributed by atoms with Gasteiger partial charge in [-0.05, 0) is 30.2 Å². The van der Waals surface area contributed by atoms with Crippen LogP contribution in [0, 0.1) is 6.92 Å². The summed E-state index contributed by atoms with van der Waals surface area (Å²) in [5.74, 6) is 0.0700. The van der Waals surface area contributed by atoms with E-state index in [-0.39, 0.29) is 5.91 Å². The molecular formula is C10H10ClNO. The minimum atomic E-state index is 0.0700. The van der Waals surface area contributed by atoms with Gasteiger partial charge in [0.2, 0.25) is 0 Å². The van der Waals surface area contributed by atoms with Crippen molar-refractivity contribution in [2.45, 2.75) is 13.5 Å². The highest BCUT2D eigenvalue weighted by atomic mass is 35.5. The topological polar surface area (TPSA) is 20.3 Å². The van der Waals surface area contributed by atoms with Crippen molar-refractivity contribution in [3.63, 3.8) is 0 Å². The molecule has 2 rings (SSSR count). The molecule has 1 aromatic rings. The summed E-state index contributed by atoms with van der Waals surface area (Å²) >= 11 is 5.87. The molecule has 0 saturated heterocycles. The first-order chi connectivity index (χ1) is 6.09. The Morgan fingerprint density at radius 1 is 1.46 bits per heavy atom. The number of aryl methyl sites for hydroxylation is 1. The number of nitrogens with zero attached hydrogens (tertiary/aromatic N) is 1. The first kappa shape index (κ1) is 8.57. The number of hydrogen-bond acceptors (Lipinski definition) is 1. The van der Waals surface area contributed by atoms with E-state index in [2.05, 4.69) is 0 Å². The largest absolute Gasteiger partial charge is 0.337 e. The Kier molecular flexibility index (Phi) is 1.81. The summed E-state index contributed by atoms with van der Waals surface area (Å²) in [6.07, 6.45) is 0. The van der Waals surface area contributed by atoms with Crippen LogP contribution in [0.5, 0.6) is 0 Å². The van der Waals surface area contributed by atoms with Gasteiger partial charge in [-0.1, -0.05) is 11.6 Å². The minimum absolute atomic E-state index is 0.0700. The van der Waals surface area contributed by atoms with Crippen LogP contribution < -0.4 is 0 Å². The van der Waals surface area contributed by atoms with E-state index in [4.69, 9.17) is 11.6 Å². The molecule has 0 aliphatic carbocycles. The number of hydrogen-bond donors (Lipinski definition) is 0. The van der Waals surface area contributed by atoms with Crippen LogP contribution in [0.3, 0.4) is 0 Å². The van der Waals surface area contributed by atoms with Crippen LogP contribution in [0.4, 0.5) is 0 Å². The Balaban J connectivity index is 2.64. The number of carbonyl (C=O) groups is 1. The number of benzene rings is 1. The second kappa shape index (κ2) is 2.74. The van der Waals surface area contributed by atoms with E-state index in [1.165, 1.54) is 0 Å². The zero-order valence-corrected chi connectivity index (χ0v) is 8.35. The lowest BCUT2D eigenvalue weighted by molar-refractivity contribution is 0.0816. The number of fused-ring (bicyclic) bond motifs is 1. The fourth-order valence-corrected chi connectivity index (χ4v) is 1.96. The van der Waals surface area contributed by atoms with E-state index in [9.17, 15) is 4.79 Å². The fraction of sp³-hybridized carbons (Fsp3) is 0.300. The van der Waals surface area contributed by atoms with Gasteiger partial charge in [0, 0.05) is 24.2 Å². The van der Waals surface area contributed by atoms with E-state index in [0.29, 0.717) is 11.6 Å². The van der Waals surface area contributed by atoms with Gasteiger partial charge >= 0.3 is 0 Å². The van der Waals surface area contributed by atoms with E-state index in [1.54, 1.807) is 18.0 Å². The maximum Gasteiger partial charge on any atom is 0.254 e. The third-order valence-electron chi connectivity index (χ3n) is 2.41. The highest BCUT2D eigenvalue weighted by Crippen LogP contribution is 2.27. The quantitative estimate of drug-likeness (QED) is 0.622. The first-order valence-corrected chi connectivity index (χ1v) is 4.52. The summed E-state index contributed by atoms with van der Waals surface area (Å²) in [6.45, 7) is 2.69. The van der Waals surface area contributed by atoms with Crippen molar-refractivity contribution in [3.05, 3.63) is 33.8 Å². The maximum atomic E-state index is 11.6. The molecule has 0 radical (unpaired) electrons. The summed E-state index contributed by atoms with van der Waals surface area (Å²) in [6, 6.07) is 3.64. The molecule has 0 fully saturated rings. The molecule has 1 aromatic carbocycles. The molecule has 1 aliphatic rings. The van der Waals surface area contributed by atoms with Crippen molar-refractivity contribution in [2.75, 3.05) is 7.05 Å². The molecular weight excluding hydrogens is 186 g/mol. The van der Waals surface area contributed by atoms with E-state index in [1.807, 2.05) is 13.0 Å². The molecule has 0 spiro atoms. The van der Waals surface area contributed by atoms with Gasteiger partial charge in [0.05, 0.1) is 0 Å². The lowest BCUT2D eigenvalue weighted by Gasteiger charge is -2.05. The number of amides is 1. The summed E-state index contributed by atoms with van der Waals surface area (Å²) in [7, 11) is 1.80. The monoisotopic (exact) mass is 195 g/mol. The van der Waals surface area contributed by atoms with Crippen LogP contribution in [0.15, 0.2) is 12.1 Å². The van der Waals surface area contributed by atoms with Crippen molar-refractivity contribution in [3.8, 4) is 0 Å². The van der Waals surface area contributed by atoms with Crippen LogP contribution in [-0.2, 0) is 6.54 Å². The molecule has 0 unspecified atom stereocenters. The second-order valence-corrected chi connectivity index (χ2v) is 3.85. The Morgan fingerprint density at radius 3 is 2.85 bits per heavy atom. The lowest BCUT2D eigenvalue weighted by Crippen LogP contribution is -2.17. The second-order valence-electron chi connectivity index (χ2n) is 3.41. The summed E-state index contributed by atoms with van der Waals surface area (Å²) < 4.78 is 0. The van der Waals surface area contributed by atoms with Gasteiger partial charge < -0.3 is 4.90 Å². The Hall–Kier alpha value is -1.02. The Labute approximate surface area is 82.1 Å². The van der Waals surface area contributed by atoms with Crippen molar-refractivity contribution >= 4 is 17.5 Å². The zero-order valence-electron chi connectivity index (χ0n) is 7.60. The molecule has 2 nitrogen and oxygen atoms in total. The van der Waals surface area contributed by atoms with Crippen LogP contribution in [0.1, 0.15) is 21.5 Å². The van der Waals surface area contributed by atoms with Crippen LogP contribution in [-0.4, -0.2) is 17.9 Å². The summed E-state index contributed by atoms with van der Waals surface area (Å²) in [5.41, 5.74) is 2.96. The first-order valence-electron chi connectivity index (χ1n) is 4.14. The standard InChI is InChI=1S/C10H10ClNO/c1-6-3-7(11)4-8-9(6)5-12(2)10(8)13/h3-4H,5H2,1-2H3. The Bertz CT molecular complexity index is 387. The van der Waals surface area contributed by atoms with Crippen LogP contribution in [0.2, 0.25) is 5.02 Å². The summed E-state index contributed by atoms with van der Waals surface area (Å²) in [5, 5.41) is 0.639. The molecule has 1 heterocycles. The third kappa shape index (κ3) is 1.22. The van der Waals surface area contributed by atoms with E-state index < -0.39 is 0 Å². The normalized spacial score (nSPS) is 15.0. The van der Waals surface area contributed by atoms with Crippen molar-refractivity contribution in [1.82, 2.24) is 4.90 Å². The highest BCUT2D eigenvalue weighted by Gasteiger charge is 2.25. The average molecular weight is 196 g/mol.